The lowest BCUT2D eigenvalue weighted by Gasteiger charge is -2.08. The summed E-state index contributed by atoms with van der Waals surface area (Å²) >= 11 is 0. The molecule has 0 N–H and O–H groups in total. The van der Waals surface area contributed by atoms with Crippen LogP contribution in [0.2, 0.25) is 0 Å². The third-order valence-electron chi connectivity index (χ3n) is 2.19. The van der Waals surface area contributed by atoms with Crippen molar-refractivity contribution >= 4 is 5.97 Å². The molecule has 1 heterocycles. The zero-order chi connectivity index (χ0) is 13.0. The molecule has 0 radical (unpaired) electrons. The summed E-state index contributed by atoms with van der Waals surface area (Å²) < 4.78 is 29.5. The minimum Gasteiger partial charge on any atom is -0.469 e. The second-order valence-corrected chi connectivity index (χ2v) is 3.35. The normalized spacial score (nSPS) is 10.1. The van der Waals surface area contributed by atoms with Crippen molar-refractivity contribution in [2.45, 2.75) is 19.8 Å². The first-order valence-corrected chi connectivity index (χ1v) is 4.75. The fraction of sp³-hybridized carbons (Fsp3) is 0.364. The summed E-state index contributed by atoms with van der Waals surface area (Å²) in [5, 5.41) is 8.88. The number of alkyl halides is 2. The molecule has 0 atom stereocenters. The van der Waals surface area contributed by atoms with Gasteiger partial charge in [-0.15, -0.1) is 0 Å². The van der Waals surface area contributed by atoms with Crippen molar-refractivity contribution in [3.8, 4) is 6.07 Å². The van der Waals surface area contributed by atoms with Crippen molar-refractivity contribution in [1.82, 2.24) is 4.98 Å². The maximum atomic E-state index is 12.5. The van der Waals surface area contributed by atoms with Crippen molar-refractivity contribution < 1.29 is 18.3 Å². The average molecular weight is 240 g/mol. The van der Waals surface area contributed by atoms with Crippen LogP contribution in [0.1, 0.15) is 28.9 Å². The Hall–Kier alpha value is -2.03. The van der Waals surface area contributed by atoms with Crippen LogP contribution in [0.4, 0.5) is 8.78 Å². The van der Waals surface area contributed by atoms with Gasteiger partial charge in [0.1, 0.15) is 11.8 Å². The van der Waals surface area contributed by atoms with E-state index >= 15 is 0 Å². The number of nitriles is 1. The minimum absolute atomic E-state index is 0.0228. The van der Waals surface area contributed by atoms with E-state index in [2.05, 4.69) is 9.72 Å². The maximum absolute atomic E-state index is 12.5. The van der Waals surface area contributed by atoms with Crippen LogP contribution in [0.15, 0.2) is 6.07 Å². The third-order valence-corrected chi connectivity index (χ3v) is 2.19. The van der Waals surface area contributed by atoms with E-state index in [1.807, 2.05) is 6.07 Å². The van der Waals surface area contributed by atoms with Gasteiger partial charge in [-0.1, -0.05) is 0 Å². The lowest BCUT2D eigenvalue weighted by molar-refractivity contribution is -0.139. The van der Waals surface area contributed by atoms with Crippen LogP contribution in [0.25, 0.3) is 0 Å². The number of rotatable bonds is 3. The van der Waals surface area contributed by atoms with Crippen LogP contribution in [-0.4, -0.2) is 18.1 Å². The Balaban J connectivity index is 3.25. The van der Waals surface area contributed by atoms with Crippen LogP contribution in [0.3, 0.4) is 0 Å². The highest BCUT2D eigenvalue weighted by molar-refractivity contribution is 5.73. The predicted molar refractivity (Wildman–Crippen MR) is 54.4 cm³/mol. The number of nitrogens with zero attached hydrogens (tertiary/aromatic N) is 2. The molecule has 0 saturated carbocycles. The lowest BCUT2D eigenvalue weighted by atomic mass is 10.1. The zero-order valence-corrected chi connectivity index (χ0v) is 9.33. The Morgan fingerprint density at radius 1 is 1.65 bits per heavy atom. The number of halogens is 2. The van der Waals surface area contributed by atoms with Gasteiger partial charge in [-0.25, -0.2) is 13.8 Å². The molecule has 6 heteroatoms. The zero-order valence-electron chi connectivity index (χ0n) is 9.33. The number of carbonyl (C=O) groups excluding carboxylic acids is 1. The summed E-state index contributed by atoms with van der Waals surface area (Å²) in [6.45, 7) is 1.52. The molecule has 0 saturated heterocycles. The van der Waals surface area contributed by atoms with E-state index in [0.29, 0.717) is 5.56 Å². The van der Waals surface area contributed by atoms with E-state index in [1.165, 1.54) is 14.0 Å². The summed E-state index contributed by atoms with van der Waals surface area (Å²) in [6.07, 6.45) is -3.03. The van der Waals surface area contributed by atoms with Crippen LogP contribution >= 0.6 is 0 Å². The van der Waals surface area contributed by atoms with Crippen LogP contribution < -0.4 is 0 Å². The highest BCUT2D eigenvalue weighted by Gasteiger charge is 2.17. The number of pyridine rings is 1. The molecule has 17 heavy (non-hydrogen) atoms. The fourth-order valence-electron chi connectivity index (χ4n) is 1.37. The average Bonchev–Trinajstić information content (AvgIpc) is 2.28. The first kappa shape index (κ1) is 13.0. The quantitative estimate of drug-likeness (QED) is 0.757. The molecule has 1 aromatic rings. The van der Waals surface area contributed by atoms with Crippen LogP contribution in [0, 0.1) is 18.3 Å². The highest BCUT2D eigenvalue weighted by Crippen LogP contribution is 2.21. The largest absolute Gasteiger partial charge is 0.469 e. The maximum Gasteiger partial charge on any atom is 0.311 e. The van der Waals surface area contributed by atoms with Crippen molar-refractivity contribution in [3.05, 3.63) is 28.6 Å². The molecule has 0 fully saturated rings. The molecule has 0 aliphatic carbocycles. The summed E-state index contributed by atoms with van der Waals surface area (Å²) in [6, 6.07) is 2.99. The Morgan fingerprint density at radius 2 is 2.29 bits per heavy atom. The third kappa shape index (κ3) is 2.97. The van der Waals surface area contributed by atoms with Gasteiger partial charge >= 0.3 is 5.97 Å². The topological polar surface area (TPSA) is 63.0 Å². The van der Waals surface area contributed by atoms with Crippen molar-refractivity contribution in [3.63, 3.8) is 0 Å². The Kier molecular flexibility index (Phi) is 4.10. The fourth-order valence-corrected chi connectivity index (χ4v) is 1.37. The molecule has 0 aliphatic heterocycles. The molecule has 0 spiro atoms. The van der Waals surface area contributed by atoms with Gasteiger partial charge in [0, 0.05) is 0 Å². The second kappa shape index (κ2) is 5.34. The van der Waals surface area contributed by atoms with Gasteiger partial charge in [-0.2, -0.15) is 5.26 Å². The van der Waals surface area contributed by atoms with E-state index in [-0.39, 0.29) is 17.7 Å². The second-order valence-electron chi connectivity index (χ2n) is 3.35. The van der Waals surface area contributed by atoms with Gasteiger partial charge in [0.25, 0.3) is 6.43 Å². The molecule has 1 aromatic heterocycles. The highest BCUT2D eigenvalue weighted by atomic mass is 19.3. The SMILES string of the molecule is COC(=O)Cc1nc(C(F)F)cc(C)c1C#N. The molecule has 90 valence electrons. The van der Waals surface area contributed by atoms with E-state index in [9.17, 15) is 13.6 Å². The molecule has 0 aliphatic rings. The predicted octanol–water partition coefficient (Wildman–Crippen LogP) is 1.91. The number of hydrogen-bond acceptors (Lipinski definition) is 4. The lowest BCUT2D eigenvalue weighted by Crippen LogP contribution is -2.10. The molecule has 0 bridgehead atoms. The standard InChI is InChI=1S/C11H10F2N2O2/c1-6-3-9(11(12)13)15-8(7(6)5-14)4-10(16)17-2/h3,11H,4H2,1-2H3. The van der Waals surface area contributed by atoms with Gasteiger partial charge in [-0.3, -0.25) is 4.79 Å². The molecular formula is C11H10F2N2O2. The van der Waals surface area contributed by atoms with Gasteiger partial charge < -0.3 is 4.74 Å². The van der Waals surface area contributed by atoms with E-state index in [4.69, 9.17) is 5.26 Å². The number of ether oxygens (including phenoxy) is 1. The summed E-state index contributed by atoms with van der Waals surface area (Å²) in [5.41, 5.74) is 0.0894. The van der Waals surface area contributed by atoms with E-state index in [1.54, 1.807) is 0 Å². The van der Waals surface area contributed by atoms with Crippen LogP contribution in [0.5, 0.6) is 0 Å². The molecule has 1 rings (SSSR count). The molecular weight excluding hydrogens is 230 g/mol. The molecule has 4 nitrogen and oxygen atoms in total. The monoisotopic (exact) mass is 240 g/mol. The van der Waals surface area contributed by atoms with E-state index < -0.39 is 18.1 Å². The number of carbonyl (C=O) groups is 1. The summed E-state index contributed by atoms with van der Waals surface area (Å²) in [5.74, 6) is -0.625. The van der Waals surface area contributed by atoms with Crippen LogP contribution in [-0.2, 0) is 16.0 Å². The summed E-state index contributed by atoms with van der Waals surface area (Å²) in [4.78, 5) is 14.7. The molecule has 0 amide bonds. The number of aryl methyl sites for hydroxylation is 1. The first-order valence-electron chi connectivity index (χ1n) is 4.75. The smallest absolute Gasteiger partial charge is 0.311 e. The Labute approximate surface area is 96.8 Å². The van der Waals surface area contributed by atoms with Gasteiger partial charge in [-0.05, 0) is 18.6 Å². The molecule has 0 unspecified atom stereocenters. The van der Waals surface area contributed by atoms with Crippen molar-refractivity contribution in [2.24, 2.45) is 0 Å². The Morgan fingerprint density at radius 3 is 2.76 bits per heavy atom. The van der Waals surface area contributed by atoms with Gasteiger partial charge in [0.05, 0.1) is 24.8 Å². The Bertz CT molecular complexity index is 481. The van der Waals surface area contributed by atoms with E-state index in [0.717, 1.165) is 6.07 Å². The van der Waals surface area contributed by atoms with Gasteiger partial charge in [0.15, 0.2) is 0 Å². The van der Waals surface area contributed by atoms with Crippen molar-refractivity contribution in [1.29, 1.82) is 5.26 Å². The number of methoxy groups -OCH3 is 1. The first-order chi connectivity index (χ1) is 7.99. The van der Waals surface area contributed by atoms with Crippen molar-refractivity contribution in [2.75, 3.05) is 7.11 Å². The minimum atomic E-state index is -2.74. The number of esters is 1. The van der Waals surface area contributed by atoms with Gasteiger partial charge in [0.2, 0.25) is 0 Å². The number of hydrogen-bond donors (Lipinski definition) is 0. The number of aromatic nitrogens is 1. The molecule has 0 aromatic carbocycles. The summed E-state index contributed by atoms with van der Waals surface area (Å²) in [7, 11) is 1.18.